The number of unbranched alkanes of at least 4 members (excludes halogenated alkanes) is 1. The standard InChI is InChI=1S/C13H22O6Si/c1-16-20(17-2,18-3)9-7-5-4-6-8-11-10-12(14)19-13(11)15/h4,6,11H,5,7-10H2,1-3H3/b6-4+. The Morgan fingerprint density at radius 1 is 1.20 bits per heavy atom. The van der Waals surface area contributed by atoms with Crippen LogP contribution < -0.4 is 0 Å². The van der Waals surface area contributed by atoms with Gasteiger partial charge in [0.1, 0.15) is 0 Å². The Kier molecular flexibility index (Phi) is 7.07. The fourth-order valence-corrected chi connectivity index (χ4v) is 3.82. The lowest BCUT2D eigenvalue weighted by molar-refractivity contribution is -0.153. The maximum absolute atomic E-state index is 11.2. The quantitative estimate of drug-likeness (QED) is 0.212. The van der Waals surface area contributed by atoms with Crippen LogP contribution in [0.1, 0.15) is 25.7 Å². The molecule has 6 nitrogen and oxygen atoms in total. The lowest BCUT2D eigenvalue weighted by Gasteiger charge is -2.23. The highest BCUT2D eigenvalue weighted by Crippen LogP contribution is 2.20. The molecule has 1 unspecified atom stereocenters. The van der Waals surface area contributed by atoms with E-state index < -0.39 is 20.7 Å². The zero-order valence-electron chi connectivity index (χ0n) is 12.2. The number of carbonyl (C=O) groups is 2. The van der Waals surface area contributed by atoms with Crippen LogP contribution in [0.4, 0.5) is 0 Å². The first kappa shape index (κ1) is 17.0. The van der Waals surface area contributed by atoms with Gasteiger partial charge in [-0.2, -0.15) is 0 Å². The van der Waals surface area contributed by atoms with Crippen molar-refractivity contribution in [3.63, 3.8) is 0 Å². The smallest absolute Gasteiger partial charge is 0.393 e. The van der Waals surface area contributed by atoms with Crippen LogP contribution in [0.15, 0.2) is 12.2 Å². The van der Waals surface area contributed by atoms with Crippen molar-refractivity contribution in [3.05, 3.63) is 12.2 Å². The number of rotatable bonds is 9. The van der Waals surface area contributed by atoms with Crippen molar-refractivity contribution in [1.82, 2.24) is 0 Å². The van der Waals surface area contributed by atoms with E-state index >= 15 is 0 Å². The summed E-state index contributed by atoms with van der Waals surface area (Å²) in [6.45, 7) is 0. The van der Waals surface area contributed by atoms with Crippen LogP contribution in [0.5, 0.6) is 0 Å². The van der Waals surface area contributed by atoms with Gasteiger partial charge in [-0.3, -0.25) is 9.59 Å². The minimum Gasteiger partial charge on any atom is -0.393 e. The van der Waals surface area contributed by atoms with Crippen LogP contribution >= 0.6 is 0 Å². The zero-order chi connectivity index (χ0) is 15.0. The van der Waals surface area contributed by atoms with Gasteiger partial charge in [-0.25, -0.2) is 0 Å². The molecule has 1 aliphatic heterocycles. The van der Waals surface area contributed by atoms with Crippen LogP contribution in [-0.2, 0) is 27.6 Å². The van der Waals surface area contributed by atoms with Gasteiger partial charge in [-0.15, -0.1) is 0 Å². The van der Waals surface area contributed by atoms with Crippen LogP contribution in [-0.4, -0.2) is 42.1 Å². The first-order valence-electron chi connectivity index (χ1n) is 6.62. The summed E-state index contributed by atoms with van der Waals surface area (Å²) < 4.78 is 20.4. The van der Waals surface area contributed by atoms with Crippen molar-refractivity contribution >= 4 is 20.7 Å². The summed E-state index contributed by atoms with van der Waals surface area (Å²) in [6, 6.07) is 0.741. The molecule has 0 amide bonds. The Bertz CT molecular complexity index is 356. The third kappa shape index (κ3) is 4.82. The van der Waals surface area contributed by atoms with Crippen molar-refractivity contribution in [1.29, 1.82) is 0 Å². The highest BCUT2D eigenvalue weighted by molar-refractivity contribution is 6.60. The molecular weight excluding hydrogens is 280 g/mol. The van der Waals surface area contributed by atoms with Gasteiger partial charge in [0.15, 0.2) is 0 Å². The summed E-state index contributed by atoms with van der Waals surface area (Å²) >= 11 is 0. The van der Waals surface area contributed by atoms with Gasteiger partial charge in [0, 0.05) is 27.4 Å². The van der Waals surface area contributed by atoms with Crippen molar-refractivity contribution in [3.8, 4) is 0 Å². The molecule has 1 heterocycles. The Morgan fingerprint density at radius 2 is 1.85 bits per heavy atom. The van der Waals surface area contributed by atoms with E-state index in [9.17, 15) is 9.59 Å². The molecule has 7 heteroatoms. The molecule has 114 valence electrons. The molecule has 0 aromatic rings. The van der Waals surface area contributed by atoms with Crippen molar-refractivity contribution < 1.29 is 27.6 Å². The number of allylic oxidation sites excluding steroid dienone is 2. The molecule has 0 aromatic carbocycles. The highest BCUT2D eigenvalue weighted by Gasteiger charge is 2.36. The zero-order valence-corrected chi connectivity index (χ0v) is 13.2. The number of cyclic esters (lactones) is 2. The van der Waals surface area contributed by atoms with E-state index in [4.69, 9.17) is 13.3 Å². The number of hydrogen-bond acceptors (Lipinski definition) is 6. The van der Waals surface area contributed by atoms with Gasteiger partial charge in [0.05, 0.1) is 12.3 Å². The van der Waals surface area contributed by atoms with E-state index in [1.165, 1.54) is 0 Å². The highest BCUT2D eigenvalue weighted by atomic mass is 28.4. The average molecular weight is 302 g/mol. The predicted molar refractivity (Wildman–Crippen MR) is 73.8 cm³/mol. The Balaban J connectivity index is 2.22. The summed E-state index contributed by atoms with van der Waals surface area (Å²) in [5.41, 5.74) is 0. The molecule has 20 heavy (non-hydrogen) atoms. The molecule has 0 aromatic heterocycles. The summed E-state index contributed by atoms with van der Waals surface area (Å²) in [4.78, 5) is 22.1. The third-order valence-electron chi connectivity index (χ3n) is 3.33. The van der Waals surface area contributed by atoms with Gasteiger partial charge in [-0.05, 0) is 19.3 Å². The minimum atomic E-state index is -2.48. The van der Waals surface area contributed by atoms with Gasteiger partial charge in [0.2, 0.25) is 0 Å². The van der Waals surface area contributed by atoms with E-state index in [1.54, 1.807) is 21.3 Å². The fraction of sp³-hybridized carbons (Fsp3) is 0.692. The Labute approximate surface area is 120 Å². The van der Waals surface area contributed by atoms with Crippen LogP contribution in [0, 0.1) is 5.92 Å². The Morgan fingerprint density at radius 3 is 2.35 bits per heavy atom. The van der Waals surface area contributed by atoms with E-state index in [1.807, 2.05) is 12.2 Å². The van der Waals surface area contributed by atoms with Crippen molar-refractivity contribution in [2.75, 3.05) is 21.3 Å². The molecular formula is C13H22O6Si. The van der Waals surface area contributed by atoms with E-state index in [0.29, 0.717) is 6.42 Å². The predicted octanol–water partition coefficient (Wildman–Crippen LogP) is 1.68. The molecule has 0 saturated carbocycles. The SMILES string of the molecule is CO[Si](CCC/C=C/CC1CC(=O)OC1=O)(OC)OC. The Hall–Kier alpha value is -1.02. The van der Waals surface area contributed by atoms with Crippen molar-refractivity contribution in [2.45, 2.75) is 31.7 Å². The summed E-state index contributed by atoms with van der Waals surface area (Å²) in [6.07, 6.45) is 6.38. The van der Waals surface area contributed by atoms with Gasteiger partial charge >= 0.3 is 20.7 Å². The first-order valence-corrected chi connectivity index (χ1v) is 8.55. The van der Waals surface area contributed by atoms with Crippen LogP contribution in [0.2, 0.25) is 6.04 Å². The second-order valence-corrected chi connectivity index (χ2v) is 7.68. The maximum atomic E-state index is 11.2. The van der Waals surface area contributed by atoms with Gasteiger partial charge in [-0.1, -0.05) is 12.2 Å². The molecule has 1 rings (SSSR count). The maximum Gasteiger partial charge on any atom is 0.500 e. The number of ether oxygens (including phenoxy) is 1. The monoisotopic (exact) mass is 302 g/mol. The molecule has 0 aliphatic carbocycles. The fourth-order valence-electron chi connectivity index (χ4n) is 2.07. The molecule has 0 radical (unpaired) electrons. The lowest BCUT2D eigenvalue weighted by Crippen LogP contribution is -2.42. The summed E-state index contributed by atoms with van der Waals surface area (Å²) in [5.74, 6) is -1.15. The molecule has 1 atom stereocenters. The second kappa shape index (κ2) is 8.31. The second-order valence-electron chi connectivity index (χ2n) is 4.59. The number of hydrogen-bond donors (Lipinski definition) is 0. The van der Waals surface area contributed by atoms with Gasteiger partial charge < -0.3 is 18.0 Å². The van der Waals surface area contributed by atoms with E-state index in [2.05, 4.69) is 4.74 Å². The summed E-state index contributed by atoms with van der Waals surface area (Å²) in [5, 5.41) is 0. The van der Waals surface area contributed by atoms with E-state index in [0.717, 1.165) is 18.9 Å². The number of carbonyl (C=O) groups excluding carboxylic acids is 2. The third-order valence-corrected chi connectivity index (χ3v) is 6.17. The largest absolute Gasteiger partial charge is 0.500 e. The van der Waals surface area contributed by atoms with E-state index in [-0.39, 0.29) is 12.3 Å². The number of esters is 2. The van der Waals surface area contributed by atoms with Crippen LogP contribution in [0.3, 0.4) is 0 Å². The topological polar surface area (TPSA) is 71.1 Å². The molecule has 0 N–H and O–H groups in total. The lowest BCUT2D eigenvalue weighted by atomic mass is 10.0. The minimum absolute atomic E-state index is 0.191. The average Bonchev–Trinajstić information content (AvgIpc) is 2.77. The molecule has 1 fully saturated rings. The normalized spacial score (nSPS) is 19.9. The van der Waals surface area contributed by atoms with Gasteiger partial charge in [0.25, 0.3) is 0 Å². The van der Waals surface area contributed by atoms with Crippen LogP contribution in [0.25, 0.3) is 0 Å². The molecule has 1 saturated heterocycles. The summed E-state index contributed by atoms with van der Waals surface area (Å²) in [7, 11) is 2.31. The molecule has 0 spiro atoms. The first-order chi connectivity index (χ1) is 9.56. The molecule has 0 bridgehead atoms. The molecule has 1 aliphatic rings. The van der Waals surface area contributed by atoms with Crippen molar-refractivity contribution in [2.24, 2.45) is 5.92 Å².